The van der Waals surface area contributed by atoms with Crippen molar-refractivity contribution in [2.24, 2.45) is 5.92 Å². The number of aromatic nitrogens is 1. The number of hydrogen-bond acceptors (Lipinski definition) is 3. The van der Waals surface area contributed by atoms with E-state index in [-0.39, 0.29) is 18.6 Å². The molecule has 5 nitrogen and oxygen atoms in total. The minimum atomic E-state index is -0.120. The molecule has 2 aromatic heterocycles. The largest absolute Gasteiger partial charge is 0.463 e. The molecule has 114 valence electrons. The lowest BCUT2D eigenvalue weighted by Gasteiger charge is -2.30. The van der Waals surface area contributed by atoms with E-state index in [1.165, 1.54) is 19.3 Å². The molecule has 1 fully saturated rings. The zero-order chi connectivity index (χ0) is 14.7. The van der Waals surface area contributed by atoms with E-state index in [1.807, 2.05) is 0 Å². The minimum Gasteiger partial charge on any atom is -0.463 e. The fourth-order valence-corrected chi connectivity index (χ4v) is 3.32. The molecule has 1 saturated carbocycles. The standard InChI is InChI=1S/C16H22N2O3/c19-8-6-12(11-4-2-1-3-5-11)18-16(20)14-10-15-13(17-14)7-9-21-15/h7,9-12,17,19H,1-6,8H2,(H,18,20). The molecular weight excluding hydrogens is 268 g/mol. The van der Waals surface area contributed by atoms with Crippen molar-refractivity contribution < 1.29 is 14.3 Å². The van der Waals surface area contributed by atoms with Crippen LogP contribution in [0, 0.1) is 5.92 Å². The molecule has 0 radical (unpaired) electrons. The van der Waals surface area contributed by atoms with Gasteiger partial charge in [-0.05, 0) is 25.2 Å². The summed E-state index contributed by atoms with van der Waals surface area (Å²) in [6.07, 6.45) is 8.21. The van der Waals surface area contributed by atoms with Crippen LogP contribution in [0.3, 0.4) is 0 Å². The number of amides is 1. The lowest BCUT2D eigenvalue weighted by Crippen LogP contribution is -2.41. The topological polar surface area (TPSA) is 78.3 Å². The van der Waals surface area contributed by atoms with Crippen LogP contribution in [0.4, 0.5) is 0 Å². The van der Waals surface area contributed by atoms with Crippen molar-refractivity contribution in [3.05, 3.63) is 24.1 Å². The Bertz CT molecular complexity index is 567. The molecule has 0 aliphatic heterocycles. The fraction of sp³-hybridized carbons (Fsp3) is 0.562. The lowest BCUT2D eigenvalue weighted by atomic mass is 9.82. The van der Waals surface area contributed by atoms with E-state index in [4.69, 9.17) is 4.42 Å². The number of rotatable bonds is 5. The number of H-pyrrole nitrogens is 1. The number of hydrogen-bond donors (Lipinski definition) is 3. The van der Waals surface area contributed by atoms with E-state index < -0.39 is 0 Å². The van der Waals surface area contributed by atoms with E-state index in [1.54, 1.807) is 18.4 Å². The Hall–Kier alpha value is -1.75. The summed E-state index contributed by atoms with van der Waals surface area (Å²) >= 11 is 0. The molecule has 3 N–H and O–H groups in total. The highest BCUT2D eigenvalue weighted by atomic mass is 16.3. The first-order valence-corrected chi connectivity index (χ1v) is 7.76. The highest BCUT2D eigenvalue weighted by Crippen LogP contribution is 2.28. The summed E-state index contributed by atoms with van der Waals surface area (Å²) in [5, 5.41) is 12.3. The summed E-state index contributed by atoms with van der Waals surface area (Å²) < 4.78 is 5.27. The van der Waals surface area contributed by atoms with Gasteiger partial charge in [0.05, 0.1) is 11.8 Å². The van der Waals surface area contributed by atoms with Gasteiger partial charge in [-0.25, -0.2) is 0 Å². The summed E-state index contributed by atoms with van der Waals surface area (Å²) in [6.45, 7) is 0.106. The Morgan fingerprint density at radius 2 is 2.24 bits per heavy atom. The maximum absolute atomic E-state index is 12.4. The van der Waals surface area contributed by atoms with Crippen LogP contribution in [0.5, 0.6) is 0 Å². The molecule has 1 aliphatic rings. The van der Waals surface area contributed by atoms with Crippen LogP contribution >= 0.6 is 0 Å². The molecule has 0 spiro atoms. The smallest absolute Gasteiger partial charge is 0.268 e. The van der Waals surface area contributed by atoms with Gasteiger partial charge in [-0.15, -0.1) is 0 Å². The molecule has 1 atom stereocenters. The maximum Gasteiger partial charge on any atom is 0.268 e. The van der Waals surface area contributed by atoms with Gasteiger partial charge >= 0.3 is 0 Å². The molecular formula is C16H22N2O3. The third kappa shape index (κ3) is 3.13. The molecule has 1 aliphatic carbocycles. The van der Waals surface area contributed by atoms with Gasteiger partial charge in [-0.1, -0.05) is 19.3 Å². The molecule has 0 aromatic carbocycles. The minimum absolute atomic E-state index is 0.0531. The average molecular weight is 290 g/mol. The second-order valence-corrected chi connectivity index (χ2v) is 5.87. The summed E-state index contributed by atoms with van der Waals surface area (Å²) in [5.74, 6) is 0.359. The van der Waals surface area contributed by atoms with Crippen molar-refractivity contribution >= 4 is 17.0 Å². The van der Waals surface area contributed by atoms with Crippen LogP contribution in [-0.4, -0.2) is 28.6 Å². The number of aliphatic hydroxyl groups is 1. The number of carbonyl (C=O) groups excluding carboxylic acids is 1. The second-order valence-electron chi connectivity index (χ2n) is 5.87. The van der Waals surface area contributed by atoms with Crippen molar-refractivity contribution in [2.45, 2.75) is 44.6 Å². The Morgan fingerprint density at radius 3 is 2.95 bits per heavy atom. The predicted octanol–water partition coefficient (Wildman–Crippen LogP) is 2.82. The molecule has 3 rings (SSSR count). The third-order valence-electron chi connectivity index (χ3n) is 4.46. The van der Waals surface area contributed by atoms with Crippen LogP contribution in [0.15, 0.2) is 22.8 Å². The highest BCUT2D eigenvalue weighted by molar-refractivity contribution is 5.96. The van der Waals surface area contributed by atoms with E-state index in [0.717, 1.165) is 18.4 Å². The van der Waals surface area contributed by atoms with Crippen molar-refractivity contribution in [3.63, 3.8) is 0 Å². The fourth-order valence-electron chi connectivity index (χ4n) is 3.32. The first-order chi connectivity index (χ1) is 10.3. The SMILES string of the molecule is O=C(NC(CCO)C1CCCCC1)c1cc2occc2[nH]1. The Balaban J connectivity index is 1.69. The van der Waals surface area contributed by atoms with E-state index in [9.17, 15) is 9.90 Å². The maximum atomic E-state index is 12.4. The first kappa shape index (κ1) is 14.2. The van der Waals surface area contributed by atoms with Gasteiger partial charge in [-0.3, -0.25) is 4.79 Å². The monoisotopic (exact) mass is 290 g/mol. The first-order valence-electron chi connectivity index (χ1n) is 7.76. The molecule has 5 heteroatoms. The summed E-state index contributed by atoms with van der Waals surface area (Å²) in [4.78, 5) is 15.4. The normalized spacial score (nSPS) is 18.0. The summed E-state index contributed by atoms with van der Waals surface area (Å²) in [7, 11) is 0. The second kappa shape index (κ2) is 6.35. The molecule has 2 aromatic rings. The van der Waals surface area contributed by atoms with Crippen molar-refractivity contribution in [3.8, 4) is 0 Å². The van der Waals surface area contributed by atoms with Gasteiger partial charge < -0.3 is 19.8 Å². The molecule has 2 heterocycles. The molecule has 0 bridgehead atoms. The van der Waals surface area contributed by atoms with Gasteiger partial charge in [0.2, 0.25) is 0 Å². The van der Waals surface area contributed by atoms with Gasteiger partial charge in [0.1, 0.15) is 5.69 Å². The zero-order valence-corrected chi connectivity index (χ0v) is 12.1. The number of nitrogens with one attached hydrogen (secondary N) is 2. The Labute approximate surface area is 123 Å². The van der Waals surface area contributed by atoms with Gasteiger partial charge in [-0.2, -0.15) is 0 Å². The van der Waals surface area contributed by atoms with E-state index in [0.29, 0.717) is 23.6 Å². The molecule has 1 unspecified atom stereocenters. The average Bonchev–Trinajstić information content (AvgIpc) is 3.09. The Kier molecular flexibility index (Phi) is 4.29. The van der Waals surface area contributed by atoms with Gasteiger partial charge in [0.25, 0.3) is 5.91 Å². The quantitative estimate of drug-likeness (QED) is 0.792. The highest BCUT2D eigenvalue weighted by Gasteiger charge is 2.25. The van der Waals surface area contributed by atoms with Crippen LogP contribution in [-0.2, 0) is 0 Å². The van der Waals surface area contributed by atoms with E-state index >= 15 is 0 Å². The van der Waals surface area contributed by atoms with Gasteiger partial charge in [0, 0.05) is 24.8 Å². The number of aliphatic hydroxyl groups excluding tert-OH is 1. The van der Waals surface area contributed by atoms with E-state index in [2.05, 4.69) is 10.3 Å². The van der Waals surface area contributed by atoms with Crippen molar-refractivity contribution in [2.75, 3.05) is 6.61 Å². The number of fused-ring (bicyclic) bond motifs is 1. The van der Waals surface area contributed by atoms with Crippen molar-refractivity contribution in [1.82, 2.24) is 10.3 Å². The molecule has 21 heavy (non-hydrogen) atoms. The summed E-state index contributed by atoms with van der Waals surface area (Å²) in [6, 6.07) is 3.58. The predicted molar refractivity (Wildman–Crippen MR) is 80.1 cm³/mol. The lowest BCUT2D eigenvalue weighted by molar-refractivity contribution is 0.0895. The van der Waals surface area contributed by atoms with Crippen LogP contribution in [0.1, 0.15) is 49.0 Å². The molecule has 1 amide bonds. The van der Waals surface area contributed by atoms with Crippen LogP contribution < -0.4 is 5.32 Å². The molecule has 0 saturated heterocycles. The number of carbonyl (C=O) groups is 1. The van der Waals surface area contributed by atoms with Gasteiger partial charge in [0.15, 0.2) is 5.58 Å². The summed E-state index contributed by atoms with van der Waals surface area (Å²) in [5.41, 5.74) is 2.04. The third-order valence-corrected chi connectivity index (χ3v) is 4.46. The number of aromatic amines is 1. The Morgan fingerprint density at radius 1 is 1.43 bits per heavy atom. The van der Waals surface area contributed by atoms with Crippen molar-refractivity contribution in [1.29, 1.82) is 0 Å². The van der Waals surface area contributed by atoms with Crippen LogP contribution in [0.25, 0.3) is 11.1 Å². The zero-order valence-electron chi connectivity index (χ0n) is 12.1. The van der Waals surface area contributed by atoms with Crippen LogP contribution in [0.2, 0.25) is 0 Å². The number of furan rings is 1.